The smallest absolute Gasteiger partial charge is 0.226 e. The minimum Gasteiger partial charge on any atom is -0.461 e. The monoisotopic (exact) mass is 386 g/mol. The lowest BCUT2D eigenvalue weighted by Crippen LogP contribution is -1.99. The molecule has 4 rings (SSSR count). The zero-order valence-corrected chi connectivity index (χ0v) is 15.5. The van der Waals surface area contributed by atoms with Gasteiger partial charge in [-0.15, -0.1) is 10.2 Å². The molecule has 0 spiro atoms. The van der Waals surface area contributed by atoms with Crippen LogP contribution >= 0.6 is 23.4 Å². The molecule has 0 atom stereocenters. The van der Waals surface area contributed by atoms with E-state index in [9.17, 15) is 0 Å². The molecule has 0 saturated heterocycles. The van der Waals surface area contributed by atoms with Crippen LogP contribution in [0.4, 0.5) is 0 Å². The first-order valence-corrected chi connectivity index (χ1v) is 9.41. The SMILES string of the molecule is CCn1c(SCc2coc(-c3cccc(Cl)c3)n2)nnc1-c1ccco1. The second-order valence-electron chi connectivity index (χ2n) is 5.47. The van der Waals surface area contributed by atoms with Crippen molar-refractivity contribution in [3.63, 3.8) is 0 Å². The third-order valence-electron chi connectivity index (χ3n) is 3.75. The van der Waals surface area contributed by atoms with Crippen LogP contribution < -0.4 is 0 Å². The first-order chi connectivity index (χ1) is 12.7. The maximum atomic E-state index is 6.02. The number of halogens is 1. The molecular weight excluding hydrogens is 372 g/mol. The van der Waals surface area contributed by atoms with Crippen LogP contribution in [0.2, 0.25) is 5.02 Å². The number of benzene rings is 1. The van der Waals surface area contributed by atoms with Crippen LogP contribution in [0.3, 0.4) is 0 Å². The molecule has 0 aliphatic carbocycles. The maximum Gasteiger partial charge on any atom is 0.226 e. The predicted molar refractivity (Wildman–Crippen MR) is 99.9 cm³/mol. The highest BCUT2D eigenvalue weighted by atomic mass is 35.5. The summed E-state index contributed by atoms with van der Waals surface area (Å²) in [6.07, 6.45) is 3.28. The van der Waals surface area contributed by atoms with E-state index in [0.717, 1.165) is 28.8 Å². The van der Waals surface area contributed by atoms with Crippen molar-refractivity contribution in [1.82, 2.24) is 19.7 Å². The highest BCUT2D eigenvalue weighted by molar-refractivity contribution is 7.98. The zero-order chi connectivity index (χ0) is 17.9. The van der Waals surface area contributed by atoms with Gasteiger partial charge in [-0.05, 0) is 37.3 Å². The molecule has 1 aromatic carbocycles. The van der Waals surface area contributed by atoms with Crippen LogP contribution in [0.25, 0.3) is 23.0 Å². The predicted octanol–water partition coefficient (Wildman–Crippen LogP) is 5.16. The molecule has 26 heavy (non-hydrogen) atoms. The zero-order valence-electron chi connectivity index (χ0n) is 13.9. The molecule has 4 aromatic rings. The molecule has 0 radical (unpaired) electrons. The van der Waals surface area contributed by atoms with Gasteiger partial charge in [-0.3, -0.25) is 4.57 Å². The van der Waals surface area contributed by atoms with Gasteiger partial charge in [-0.25, -0.2) is 4.98 Å². The average Bonchev–Trinajstić information content (AvgIpc) is 3.39. The van der Waals surface area contributed by atoms with Crippen molar-refractivity contribution in [2.75, 3.05) is 0 Å². The molecule has 6 nitrogen and oxygen atoms in total. The van der Waals surface area contributed by atoms with E-state index in [0.29, 0.717) is 22.4 Å². The largest absolute Gasteiger partial charge is 0.461 e. The Morgan fingerprint density at radius 1 is 1.15 bits per heavy atom. The Morgan fingerprint density at radius 2 is 2.08 bits per heavy atom. The lowest BCUT2D eigenvalue weighted by Gasteiger charge is -2.04. The van der Waals surface area contributed by atoms with Gasteiger partial charge in [0, 0.05) is 22.9 Å². The van der Waals surface area contributed by atoms with E-state index >= 15 is 0 Å². The van der Waals surface area contributed by atoms with Gasteiger partial charge in [0.15, 0.2) is 16.7 Å². The summed E-state index contributed by atoms with van der Waals surface area (Å²) in [4.78, 5) is 4.53. The number of hydrogen-bond acceptors (Lipinski definition) is 6. The summed E-state index contributed by atoms with van der Waals surface area (Å²) < 4.78 is 13.0. The van der Waals surface area contributed by atoms with Crippen LogP contribution in [0, 0.1) is 0 Å². The lowest BCUT2D eigenvalue weighted by molar-refractivity contribution is 0.567. The maximum absolute atomic E-state index is 6.02. The van der Waals surface area contributed by atoms with Crippen LogP contribution in [0.15, 0.2) is 62.9 Å². The Hall–Kier alpha value is -2.51. The molecule has 0 N–H and O–H groups in total. The van der Waals surface area contributed by atoms with Gasteiger partial charge in [0.2, 0.25) is 5.89 Å². The number of thioether (sulfide) groups is 1. The first-order valence-electron chi connectivity index (χ1n) is 8.05. The van der Waals surface area contributed by atoms with Crippen molar-refractivity contribution in [1.29, 1.82) is 0 Å². The summed E-state index contributed by atoms with van der Waals surface area (Å²) in [7, 11) is 0. The van der Waals surface area contributed by atoms with Gasteiger partial charge in [0.1, 0.15) is 6.26 Å². The van der Waals surface area contributed by atoms with E-state index < -0.39 is 0 Å². The molecule has 0 unspecified atom stereocenters. The second-order valence-corrected chi connectivity index (χ2v) is 6.85. The molecule has 8 heteroatoms. The second kappa shape index (κ2) is 7.39. The van der Waals surface area contributed by atoms with E-state index in [1.165, 1.54) is 0 Å². The van der Waals surface area contributed by atoms with Gasteiger partial charge in [0.05, 0.1) is 12.0 Å². The molecule has 3 heterocycles. The fraction of sp³-hybridized carbons (Fsp3) is 0.167. The van der Waals surface area contributed by atoms with Gasteiger partial charge in [0.25, 0.3) is 0 Å². The minimum absolute atomic E-state index is 0.552. The summed E-state index contributed by atoms with van der Waals surface area (Å²) in [5, 5.41) is 9.98. The van der Waals surface area contributed by atoms with E-state index in [2.05, 4.69) is 15.2 Å². The molecule has 0 aliphatic heterocycles. The van der Waals surface area contributed by atoms with Crippen molar-refractivity contribution >= 4 is 23.4 Å². The highest BCUT2D eigenvalue weighted by Crippen LogP contribution is 2.28. The number of hydrogen-bond donors (Lipinski definition) is 0. The van der Waals surface area contributed by atoms with E-state index in [1.54, 1.807) is 24.3 Å². The summed E-state index contributed by atoms with van der Waals surface area (Å²) in [5.41, 5.74) is 1.68. The fourth-order valence-corrected chi connectivity index (χ4v) is 3.60. The average molecular weight is 387 g/mol. The van der Waals surface area contributed by atoms with Gasteiger partial charge >= 0.3 is 0 Å². The Labute approximate surface area is 159 Å². The topological polar surface area (TPSA) is 69.9 Å². The number of oxazole rings is 1. The summed E-state index contributed by atoms with van der Waals surface area (Å²) in [6.45, 7) is 2.80. The summed E-state index contributed by atoms with van der Waals surface area (Å²) in [5.74, 6) is 2.60. The van der Waals surface area contributed by atoms with Crippen molar-refractivity contribution in [3.8, 4) is 23.0 Å². The Morgan fingerprint density at radius 3 is 2.85 bits per heavy atom. The fourth-order valence-electron chi connectivity index (χ4n) is 2.53. The number of nitrogens with zero attached hydrogens (tertiary/aromatic N) is 4. The Bertz CT molecular complexity index is 1010. The molecule has 0 bridgehead atoms. The van der Waals surface area contributed by atoms with Crippen LogP contribution in [0.5, 0.6) is 0 Å². The van der Waals surface area contributed by atoms with Crippen molar-refractivity contribution in [2.45, 2.75) is 24.4 Å². The summed E-state index contributed by atoms with van der Waals surface area (Å²) >= 11 is 7.58. The Balaban J connectivity index is 1.50. The van der Waals surface area contributed by atoms with E-state index in [1.807, 2.05) is 47.9 Å². The van der Waals surface area contributed by atoms with Crippen LogP contribution in [-0.2, 0) is 12.3 Å². The van der Waals surface area contributed by atoms with Gasteiger partial charge in [-0.2, -0.15) is 0 Å². The normalized spacial score (nSPS) is 11.2. The van der Waals surface area contributed by atoms with Crippen molar-refractivity contribution in [2.24, 2.45) is 0 Å². The third kappa shape index (κ3) is 3.40. The number of furan rings is 1. The number of rotatable bonds is 6. The van der Waals surface area contributed by atoms with Crippen molar-refractivity contribution in [3.05, 3.63) is 59.6 Å². The molecule has 0 aliphatic rings. The van der Waals surface area contributed by atoms with E-state index in [4.69, 9.17) is 20.4 Å². The molecule has 132 valence electrons. The first kappa shape index (κ1) is 16.9. The van der Waals surface area contributed by atoms with Crippen LogP contribution in [-0.4, -0.2) is 19.7 Å². The number of aromatic nitrogens is 4. The van der Waals surface area contributed by atoms with Gasteiger partial charge in [-0.1, -0.05) is 29.4 Å². The third-order valence-corrected chi connectivity index (χ3v) is 4.98. The molecule has 0 saturated carbocycles. The van der Waals surface area contributed by atoms with Gasteiger partial charge < -0.3 is 8.83 Å². The highest BCUT2D eigenvalue weighted by Gasteiger charge is 2.16. The Kier molecular flexibility index (Phi) is 4.81. The molecular formula is C18H15ClN4O2S. The van der Waals surface area contributed by atoms with Crippen LogP contribution in [0.1, 0.15) is 12.6 Å². The molecule has 0 fully saturated rings. The molecule has 3 aromatic heterocycles. The molecule has 0 amide bonds. The minimum atomic E-state index is 0.552. The standard InChI is InChI=1S/C18H15ClN4O2S/c1-2-23-16(15-7-4-8-24-15)21-22-18(23)26-11-14-10-25-17(20-14)12-5-3-6-13(19)9-12/h3-10H,2,11H2,1H3. The lowest BCUT2D eigenvalue weighted by atomic mass is 10.2. The van der Waals surface area contributed by atoms with Crippen molar-refractivity contribution < 1.29 is 8.83 Å². The summed E-state index contributed by atoms with van der Waals surface area (Å²) in [6, 6.07) is 11.1. The van der Waals surface area contributed by atoms with E-state index in [-0.39, 0.29) is 0 Å². The quantitative estimate of drug-likeness (QED) is 0.426.